The molecule has 0 unspecified atom stereocenters. The van der Waals surface area contributed by atoms with Crippen molar-refractivity contribution in [2.45, 2.75) is 33.0 Å². The van der Waals surface area contributed by atoms with E-state index in [2.05, 4.69) is 32.5 Å². The molecule has 1 aromatic heterocycles. The minimum absolute atomic E-state index is 0. The molecule has 1 aliphatic heterocycles. The first kappa shape index (κ1) is 22.3. The van der Waals surface area contributed by atoms with Crippen LogP contribution in [0.15, 0.2) is 28.8 Å². The number of ether oxygens (including phenoxy) is 1. The number of nitrogens with zero attached hydrogens (tertiary/aromatic N) is 3. The maximum absolute atomic E-state index is 11.9. The quantitative estimate of drug-likeness (QED) is 0.715. The number of nitrogens with two attached hydrogens (primary N) is 1. The van der Waals surface area contributed by atoms with Gasteiger partial charge in [-0.25, -0.2) is 0 Å². The molecule has 0 bridgehead atoms. The first-order valence-electron chi connectivity index (χ1n) is 9.28. The van der Waals surface area contributed by atoms with Crippen LogP contribution in [0.4, 0.5) is 0 Å². The van der Waals surface area contributed by atoms with Crippen LogP contribution >= 0.6 is 12.4 Å². The van der Waals surface area contributed by atoms with E-state index in [0.717, 1.165) is 38.4 Å². The van der Waals surface area contributed by atoms with Crippen molar-refractivity contribution in [3.05, 3.63) is 35.7 Å². The topological polar surface area (TPSA) is 107 Å². The van der Waals surface area contributed by atoms with Crippen LogP contribution in [-0.4, -0.2) is 53.3 Å². The molecule has 1 fully saturated rings. The van der Waals surface area contributed by atoms with Crippen LogP contribution in [0.5, 0.6) is 0 Å². The molecular weight excluding hydrogens is 382 g/mol. The highest BCUT2D eigenvalue weighted by Gasteiger charge is 2.18. The average Bonchev–Trinajstić information content (AvgIpc) is 3.16. The van der Waals surface area contributed by atoms with Crippen molar-refractivity contribution in [1.29, 1.82) is 0 Å². The molecule has 1 saturated heterocycles. The summed E-state index contributed by atoms with van der Waals surface area (Å²) in [5.41, 5.74) is 7.92. The molecule has 1 aliphatic rings. The van der Waals surface area contributed by atoms with Gasteiger partial charge >= 0.3 is 0 Å². The predicted octanol–water partition coefficient (Wildman–Crippen LogP) is 1.59. The zero-order valence-electron chi connectivity index (χ0n) is 16.3. The molecular formula is C19H28ClN5O3. The van der Waals surface area contributed by atoms with E-state index in [-0.39, 0.29) is 30.8 Å². The molecule has 2 heterocycles. The molecule has 2 aromatic rings. The Kier molecular flexibility index (Phi) is 8.37. The number of amides is 1. The summed E-state index contributed by atoms with van der Waals surface area (Å²) in [5, 5.41) is 6.72. The van der Waals surface area contributed by atoms with Crippen molar-refractivity contribution in [2.24, 2.45) is 11.7 Å². The Hall–Kier alpha value is -2.00. The average molecular weight is 410 g/mol. The second-order valence-electron chi connectivity index (χ2n) is 7.08. The highest BCUT2D eigenvalue weighted by Crippen LogP contribution is 2.17. The Morgan fingerprint density at radius 3 is 2.57 bits per heavy atom. The van der Waals surface area contributed by atoms with Crippen molar-refractivity contribution in [3.8, 4) is 11.4 Å². The summed E-state index contributed by atoms with van der Waals surface area (Å²) >= 11 is 0. The number of hydrogen-bond acceptors (Lipinski definition) is 7. The van der Waals surface area contributed by atoms with E-state index < -0.39 is 6.04 Å². The van der Waals surface area contributed by atoms with E-state index in [9.17, 15) is 4.79 Å². The van der Waals surface area contributed by atoms with Crippen LogP contribution in [0.1, 0.15) is 25.3 Å². The molecule has 0 radical (unpaired) electrons. The minimum atomic E-state index is -0.550. The number of halogens is 1. The van der Waals surface area contributed by atoms with Gasteiger partial charge in [0.25, 0.3) is 0 Å². The van der Waals surface area contributed by atoms with E-state index in [1.165, 1.54) is 5.56 Å². The maximum Gasteiger partial charge on any atom is 0.246 e. The van der Waals surface area contributed by atoms with E-state index in [0.29, 0.717) is 11.7 Å². The molecule has 9 heteroatoms. The molecule has 8 nitrogen and oxygen atoms in total. The molecule has 0 aliphatic carbocycles. The number of carbonyl (C=O) groups excluding carboxylic acids is 1. The van der Waals surface area contributed by atoms with E-state index in [4.69, 9.17) is 15.0 Å². The van der Waals surface area contributed by atoms with Gasteiger partial charge in [-0.15, -0.1) is 12.4 Å². The van der Waals surface area contributed by atoms with Crippen molar-refractivity contribution < 1.29 is 14.1 Å². The third-order valence-electron chi connectivity index (χ3n) is 4.62. The molecule has 3 rings (SSSR count). The Balaban J connectivity index is 0.00000280. The van der Waals surface area contributed by atoms with Crippen molar-refractivity contribution in [2.75, 3.05) is 26.3 Å². The van der Waals surface area contributed by atoms with Crippen molar-refractivity contribution in [1.82, 2.24) is 20.4 Å². The Morgan fingerprint density at radius 1 is 1.25 bits per heavy atom. The van der Waals surface area contributed by atoms with E-state index >= 15 is 0 Å². The summed E-state index contributed by atoms with van der Waals surface area (Å²) in [4.78, 5) is 18.6. The lowest BCUT2D eigenvalue weighted by atomic mass is 10.1. The normalized spacial score (nSPS) is 15.9. The van der Waals surface area contributed by atoms with Gasteiger partial charge in [0.15, 0.2) is 0 Å². The summed E-state index contributed by atoms with van der Waals surface area (Å²) in [7, 11) is 0. The van der Waals surface area contributed by atoms with Crippen molar-refractivity contribution >= 4 is 18.3 Å². The van der Waals surface area contributed by atoms with Gasteiger partial charge in [-0.2, -0.15) is 4.98 Å². The minimum Gasteiger partial charge on any atom is -0.379 e. The van der Waals surface area contributed by atoms with Gasteiger partial charge < -0.3 is 20.3 Å². The fourth-order valence-corrected chi connectivity index (χ4v) is 2.80. The number of nitrogens with one attached hydrogen (secondary N) is 1. The number of carbonyl (C=O) groups is 1. The summed E-state index contributed by atoms with van der Waals surface area (Å²) in [5.74, 6) is 0.702. The molecule has 1 aromatic carbocycles. The SMILES string of the molecule is CC(C)[C@H](N)C(=O)NCc1nc(-c2ccc(CN3CCOCC3)cc2)no1.Cl. The number of benzene rings is 1. The van der Waals surface area contributed by atoms with Gasteiger partial charge in [0.2, 0.25) is 17.6 Å². The smallest absolute Gasteiger partial charge is 0.246 e. The second kappa shape index (κ2) is 10.5. The molecule has 0 spiro atoms. The maximum atomic E-state index is 11.9. The molecule has 0 saturated carbocycles. The third-order valence-corrected chi connectivity index (χ3v) is 4.62. The lowest BCUT2D eigenvalue weighted by Gasteiger charge is -2.26. The summed E-state index contributed by atoms with van der Waals surface area (Å²) < 4.78 is 10.6. The van der Waals surface area contributed by atoms with Crippen LogP contribution in [0.25, 0.3) is 11.4 Å². The first-order chi connectivity index (χ1) is 13.0. The van der Waals surface area contributed by atoms with Crippen LogP contribution in [0.2, 0.25) is 0 Å². The van der Waals surface area contributed by atoms with Gasteiger partial charge in [-0.05, 0) is 11.5 Å². The fraction of sp³-hybridized carbons (Fsp3) is 0.526. The Morgan fingerprint density at radius 2 is 1.93 bits per heavy atom. The monoisotopic (exact) mass is 409 g/mol. The summed E-state index contributed by atoms with van der Waals surface area (Å²) in [6.07, 6.45) is 0. The van der Waals surface area contributed by atoms with Crippen LogP contribution < -0.4 is 11.1 Å². The standard InChI is InChI=1S/C19H27N5O3.ClH/c1-13(2)17(20)19(25)21-11-16-22-18(23-27-16)15-5-3-14(4-6-15)12-24-7-9-26-10-8-24;/h3-6,13,17H,7-12,20H2,1-2H3,(H,21,25);1H/t17-;/m0./s1. The van der Waals surface area contributed by atoms with Crippen molar-refractivity contribution in [3.63, 3.8) is 0 Å². The summed E-state index contributed by atoms with van der Waals surface area (Å²) in [6.45, 7) is 8.38. The molecule has 154 valence electrons. The highest BCUT2D eigenvalue weighted by molar-refractivity contribution is 5.85. The molecule has 1 amide bonds. The number of rotatable bonds is 7. The van der Waals surface area contributed by atoms with Gasteiger partial charge in [0.1, 0.15) is 0 Å². The predicted molar refractivity (Wildman–Crippen MR) is 108 cm³/mol. The molecule has 28 heavy (non-hydrogen) atoms. The largest absolute Gasteiger partial charge is 0.379 e. The highest BCUT2D eigenvalue weighted by atomic mass is 35.5. The summed E-state index contributed by atoms with van der Waals surface area (Å²) in [6, 6.07) is 7.57. The zero-order chi connectivity index (χ0) is 19.2. The zero-order valence-corrected chi connectivity index (χ0v) is 17.1. The van der Waals surface area contributed by atoms with E-state index in [1.54, 1.807) is 0 Å². The molecule has 3 N–H and O–H groups in total. The first-order valence-corrected chi connectivity index (χ1v) is 9.28. The number of morpholine rings is 1. The fourth-order valence-electron chi connectivity index (χ4n) is 2.80. The second-order valence-corrected chi connectivity index (χ2v) is 7.08. The van der Waals surface area contributed by atoms with Gasteiger partial charge in [0, 0.05) is 25.2 Å². The third kappa shape index (κ3) is 6.00. The number of aromatic nitrogens is 2. The van der Waals surface area contributed by atoms with Gasteiger partial charge in [-0.3, -0.25) is 9.69 Å². The lowest BCUT2D eigenvalue weighted by Crippen LogP contribution is -2.43. The van der Waals surface area contributed by atoms with Gasteiger partial charge in [0.05, 0.1) is 25.8 Å². The van der Waals surface area contributed by atoms with Crippen LogP contribution in [-0.2, 0) is 22.6 Å². The van der Waals surface area contributed by atoms with Crippen LogP contribution in [0, 0.1) is 5.92 Å². The Labute approximate surface area is 171 Å². The molecule has 1 atom stereocenters. The Bertz CT molecular complexity index is 744. The van der Waals surface area contributed by atoms with E-state index in [1.807, 2.05) is 26.0 Å². The van der Waals surface area contributed by atoms with Crippen LogP contribution in [0.3, 0.4) is 0 Å². The van der Waals surface area contributed by atoms with Gasteiger partial charge in [-0.1, -0.05) is 43.3 Å². The number of hydrogen-bond donors (Lipinski definition) is 2. The lowest BCUT2D eigenvalue weighted by molar-refractivity contribution is -0.123.